The summed E-state index contributed by atoms with van der Waals surface area (Å²) in [4.78, 5) is 15.1. The molecule has 1 atom stereocenters. The summed E-state index contributed by atoms with van der Waals surface area (Å²) in [6, 6.07) is 4.89. The van der Waals surface area contributed by atoms with Gasteiger partial charge in [-0.05, 0) is 50.4 Å². The first-order chi connectivity index (χ1) is 13.0. The molecule has 3 rings (SSSR count). The Morgan fingerprint density at radius 1 is 1.32 bits per heavy atom. The molecule has 28 heavy (non-hydrogen) atoms. The van der Waals surface area contributed by atoms with Gasteiger partial charge >= 0.3 is 0 Å². The van der Waals surface area contributed by atoms with Crippen LogP contribution >= 0.6 is 12.4 Å². The van der Waals surface area contributed by atoms with E-state index in [4.69, 9.17) is 4.74 Å². The molecule has 158 valence electrons. The van der Waals surface area contributed by atoms with Crippen molar-refractivity contribution in [1.82, 2.24) is 14.5 Å². The highest BCUT2D eigenvalue weighted by atomic mass is 35.5. The molecule has 0 radical (unpaired) electrons. The van der Waals surface area contributed by atoms with Crippen LogP contribution in [-0.4, -0.2) is 69.4 Å². The van der Waals surface area contributed by atoms with Crippen LogP contribution in [0.15, 0.2) is 23.1 Å². The number of amides is 1. The van der Waals surface area contributed by atoms with Crippen LogP contribution in [0.4, 0.5) is 0 Å². The van der Waals surface area contributed by atoms with Crippen molar-refractivity contribution in [1.29, 1.82) is 0 Å². The van der Waals surface area contributed by atoms with Crippen molar-refractivity contribution in [2.75, 3.05) is 39.8 Å². The summed E-state index contributed by atoms with van der Waals surface area (Å²) in [5, 5.41) is 3.29. The summed E-state index contributed by atoms with van der Waals surface area (Å²) >= 11 is 0. The molecule has 1 aromatic rings. The predicted molar refractivity (Wildman–Crippen MR) is 111 cm³/mol. The minimum absolute atomic E-state index is 0. The zero-order valence-corrected chi connectivity index (χ0v) is 18.2. The monoisotopic (exact) mass is 431 g/mol. The SMILES string of the molecule is CCCN(C(=O)c1ccc(OC)c(S(=O)(=O)N2CCCC2)c1)C1CCNC1.Cl. The Hall–Kier alpha value is -1.35. The zero-order valence-electron chi connectivity index (χ0n) is 16.5. The van der Waals surface area contributed by atoms with Crippen LogP contribution in [0.1, 0.15) is 43.0 Å². The van der Waals surface area contributed by atoms with Crippen LogP contribution < -0.4 is 10.1 Å². The lowest BCUT2D eigenvalue weighted by molar-refractivity contribution is 0.0692. The fourth-order valence-corrected chi connectivity index (χ4v) is 5.54. The first kappa shape index (κ1) is 22.9. The van der Waals surface area contributed by atoms with E-state index in [1.807, 2.05) is 11.8 Å². The third kappa shape index (κ3) is 4.62. The molecular formula is C19H30ClN3O4S. The summed E-state index contributed by atoms with van der Waals surface area (Å²) in [5.74, 6) is 0.161. The third-order valence-corrected chi connectivity index (χ3v) is 7.21. The predicted octanol–water partition coefficient (Wildman–Crippen LogP) is 2.12. The average molecular weight is 432 g/mol. The molecule has 7 nitrogen and oxygen atoms in total. The molecule has 0 aliphatic carbocycles. The maximum Gasteiger partial charge on any atom is 0.254 e. The first-order valence-corrected chi connectivity index (χ1v) is 11.1. The summed E-state index contributed by atoms with van der Waals surface area (Å²) in [5.41, 5.74) is 0.397. The molecule has 0 saturated carbocycles. The van der Waals surface area contributed by atoms with Crippen molar-refractivity contribution >= 4 is 28.3 Å². The van der Waals surface area contributed by atoms with Crippen LogP contribution in [0.3, 0.4) is 0 Å². The lowest BCUT2D eigenvalue weighted by Gasteiger charge is -2.28. The quantitative estimate of drug-likeness (QED) is 0.715. The van der Waals surface area contributed by atoms with Crippen molar-refractivity contribution in [2.24, 2.45) is 0 Å². The number of hydrogen-bond donors (Lipinski definition) is 1. The molecule has 2 aliphatic heterocycles. The topological polar surface area (TPSA) is 79.0 Å². The fraction of sp³-hybridized carbons (Fsp3) is 0.632. The Morgan fingerprint density at radius 3 is 2.61 bits per heavy atom. The molecule has 0 aromatic heterocycles. The minimum Gasteiger partial charge on any atom is -0.495 e. The normalized spacial score (nSPS) is 20.0. The molecule has 2 fully saturated rings. The number of carbonyl (C=O) groups excluding carboxylic acids is 1. The molecule has 9 heteroatoms. The molecule has 1 amide bonds. The number of rotatable bonds is 7. The summed E-state index contributed by atoms with van der Waals surface area (Å²) in [7, 11) is -2.22. The van der Waals surface area contributed by atoms with Crippen LogP contribution in [0, 0.1) is 0 Å². The molecule has 0 spiro atoms. The van der Waals surface area contributed by atoms with Crippen LogP contribution in [0.25, 0.3) is 0 Å². The summed E-state index contributed by atoms with van der Waals surface area (Å²) < 4.78 is 32.9. The molecule has 1 unspecified atom stereocenters. The van der Waals surface area contributed by atoms with Crippen LogP contribution in [-0.2, 0) is 10.0 Å². The van der Waals surface area contributed by atoms with Crippen LogP contribution in [0.2, 0.25) is 0 Å². The van der Waals surface area contributed by atoms with Gasteiger partial charge in [-0.3, -0.25) is 4.79 Å². The van der Waals surface area contributed by atoms with Crippen molar-refractivity contribution in [3.8, 4) is 5.75 Å². The number of nitrogens with one attached hydrogen (secondary N) is 1. The van der Waals surface area contributed by atoms with E-state index in [0.29, 0.717) is 25.2 Å². The number of halogens is 1. The number of carbonyl (C=O) groups is 1. The number of hydrogen-bond acceptors (Lipinski definition) is 5. The molecule has 1 N–H and O–H groups in total. The van der Waals surface area contributed by atoms with Crippen LogP contribution in [0.5, 0.6) is 5.75 Å². The van der Waals surface area contributed by atoms with Crippen molar-refractivity contribution in [2.45, 2.75) is 43.5 Å². The lowest BCUT2D eigenvalue weighted by Crippen LogP contribution is -2.42. The third-order valence-electron chi connectivity index (χ3n) is 5.29. The van der Waals surface area contributed by atoms with E-state index in [1.165, 1.54) is 17.5 Å². The van der Waals surface area contributed by atoms with E-state index in [-0.39, 0.29) is 35.0 Å². The maximum absolute atomic E-state index is 13.2. The Bertz CT molecular complexity index is 775. The van der Waals surface area contributed by atoms with Crippen molar-refractivity contribution < 1.29 is 17.9 Å². The Morgan fingerprint density at radius 2 is 2.04 bits per heavy atom. The highest BCUT2D eigenvalue weighted by molar-refractivity contribution is 7.89. The molecule has 2 saturated heterocycles. The van der Waals surface area contributed by atoms with Gasteiger partial charge in [0.25, 0.3) is 5.91 Å². The number of benzene rings is 1. The van der Waals surface area contributed by atoms with E-state index >= 15 is 0 Å². The molecular weight excluding hydrogens is 402 g/mol. The van der Waals surface area contributed by atoms with E-state index in [1.54, 1.807) is 12.1 Å². The average Bonchev–Trinajstić information content (AvgIpc) is 3.39. The van der Waals surface area contributed by atoms with Gasteiger partial charge in [-0.1, -0.05) is 6.92 Å². The highest BCUT2D eigenvalue weighted by Crippen LogP contribution is 2.30. The first-order valence-electron chi connectivity index (χ1n) is 9.69. The number of ether oxygens (including phenoxy) is 1. The number of methoxy groups -OCH3 is 1. The smallest absolute Gasteiger partial charge is 0.254 e. The van der Waals surface area contributed by atoms with E-state index in [9.17, 15) is 13.2 Å². The van der Waals surface area contributed by atoms with Gasteiger partial charge in [-0.15, -0.1) is 12.4 Å². The standard InChI is InChI=1S/C19H29N3O4S.ClH/c1-3-10-22(16-8-9-20-14-16)19(23)15-6-7-17(26-2)18(13-15)27(24,25)21-11-4-5-12-21;/h6-7,13,16,20H,3-5,8-12,14H2,1-2H3;1H. The molecule has 0 bridgehead atoms. The van der Waals surface area contributed by atoms with Gasteiger partial charge < -0.3 is 15.0 Å². The second kappa shape index (κ2) is 9.91. The second-order valence-corrected chi connectivity index (χ2v) is 9.03. The van der Waals surface area contributed by atoms with E-state index in [2.05, 4.69) is 5.32 Å². The number of nitrogens with zero attached hydrogens (tertiary/aromatic N) is 2. The van der Waals surface area contributed by atoms with Crippen molar-refractivity contribution in [3.63, 3.8) is 0 Å². The van der Waals surface area contributed by atoms with Gasteiger partial charge in [0.05, 0.1) is 7.11 Å². The van der Waals surface area contributed by atoms with Gasteiger partial charge in [-0.2, -0.15) is 4.31 Å². The van der Waals surface area contributed by atoms with Gasteiger partial charge in [0, 0.05) is 37.8 Å². The zero-order chi connectivity index (χ0) is 19.4. The Labute approximate surface area is 173 Å². The fourth-order valence-electron chi connectivity index (χ4n) is 3.84. The lowest BCUT2D eigenvalue weighted by atomic mass is 10.1. The van der Waals surface area contributed by atoms with E-state index < -0.39 is 10.0 Å². The Kier molecular flexibility index (Phi) is 8.12. The highest BCUT2D eigenvalue weighted by Gasteiger charge is 2.32. The molecule has 2 heterocycles. The summed E-state index contributed by atoms with van der Waals surface area (Å²) in [6.45, 7) is 5.40. The van der Waals surface area contributed by atoms with Crippen molar-refractivity contribution in [3.05, 3.63) is 23.8 Å². The Balaban J connectivity index is 0.00000280. The van der Waals surface area contributed by atoms with Gasteiger partial charge in [0.2, 0.25) is 10.0 Å². The number of sulfonamides is 1. The van der Waals surface area contributed by atoms with Gasteiger partial charge in [0.15, 0.2) is 0 Å². The van der Waals surface area contributed by atoms with E-state index in [0.717, 1.165) is 38.8 Å². The second-order valence-electron chi connectivity index (χ2n) is 7.12. The maximum atomic E-state index is 13.2. The molecule has 1 aromatic carbocycles. The van der Waals surface area contributed by atoms with Gasteiger partial charge in [0.1, 0.15) is 10.6 Å². The molecule has 2 aliphatic rings. The minimum atomic E-state index is -3.67. The van der Waals surface area contributed by atoms with Gasteiger partial charge in [-0.25, -0.2) is 8.42 Å². The largest absolute Gasteiger partial charge is 0.495 e. The summed E-state index contributed by atoms with van der Waals surface area (Å²) in [6.07, 6.45) is 3.50.